The lowest BCUT2D eigenvalue weighted by Crippen LogP contribution is -2.42. The Kier molecular flexibility index (Phi) is 6.56. The van der Waals surface area contributed by atoms with Crippen LogP contribution in [0, 0.1) is 11.8 Å². The Bertz CT molecular complexity index is 222. The van der Waals surface area contributed by atoms with Gasteiger partial charge in [-0.05, 0) is 38.6 Å². The van der Waals surface area contributed by atoms with E-state index in [1.165, 1.54) is 32.1 Å². The van der Waals surface area contributed by atoms with Gasteiger partial charge < -0.3 is 10.6 Å². The second-order valence-electron chi connectivity index (χ2n) is 5.48. The van der Waals surface area contributed by atoms with E-state index < -0.39 is 0 Å². The van der Waals surface area contributed by atoms with Crippen molar-refractivity contribution in [1.82, 2.24) is 10.6 Å². The molecule has 1 unspecified atom stereocenters. The minimum atomic E-state index is -0.0579. The Labute approximate surface area is 106 Å². The van der Waals surface area contributed by atoms with E-state index in [-0.39, 0.29) is 11.9 Å². The fourth-order valence-electron chi connectivity index (χ4n) is 2.54. The van der Waals surface area contributed by atoms with Gasteiger partial charge in [0.25, 0.3) is 0 Å². The quantitative estimate of drug-likeness (QED) is 0.748. The first kappa shape index (κ1) is 14.5. The Balaban J connectivity index is 2.09. The van der Waals surface area contributed by atoms with Crippen LogP contribution in [0.3, 0.4) is 0 Å². The molecule has 1 aliphatic carbocycles. The highest BCUT2D eigenvalue weighted by atomic mass is 16.2. The number of hydrogen-bond acceptors (Lipinski definition) is 2. The molecule has 0 aromatic rings. The van der Waals surface area contributed by atoms with Gasteiger partial charge in [-0.25, -0.2) is 0 Å². The molecule has 0 aromatic carbocycles. The molecule has 0 radical (unpaired) electrons. The number of likely N-dealkylation sites (N-methyl/N-ethyl adjacent to an activating group) is 1. The minimum Gasteiger partial charge on any atom is -0.355 e. The topological polar surface area (TPSA) is 41.1 Å². The van der Waals surface area contributed by atoms with Gasteiger partial charge >= 0.3 is 0 Å². The summed E-state index contributed by atoms with van der Waals surface area (Å²) in [5.74, 6) is 1.92. The number of nitrogens with one attached hydrogen (secondary N) is 2. The highest BCUT2D eigenvalue weighted by Crippen LogP contribution is 2.29. The molecule has 0 aliphatic heterocycles. The molecule has 0 bridgehead atoms. The van der Waals surface area contributed by atoms with E-state index in [1.54, 1.807) is 0 Å². The van der Waals surface area contributed by atoms with E-state index in [0.717, 1.165) is 18.4 Å². The molecule has 3 nitrogen and oxygen atoms in total. The number of carbonyl (C=O) groups is 1. The van der Waals surface area contributed by atoms with Gasteiger partial charge in [-0.3, -0.25) is 4.79 Å². The van der Waals surface area contributed by atoms with E-state index in [2.05, 4.69) is 17.6 Å². The Morgan fingerprint density at radius 2 is 1.94 bits per heavy atom. The second-order valence-corrected chi connectivity index (χ2v) is 5.48. The lowest BCUT2D eigenvalue weighted by atomic mass is 9.81. The van der Waals surface area contributed by atoms with Crippen LogP contribution in [-0.4, -0.2) is 25.0 Å². The van der Waals surface area contributed by atoms with Crippen LogP contribution in [0.25, 0.3) is 0 Å². The summed E-state index contributed by atoms with van der Waals surface area (Å²) in [6.45, 7) is 7.93. The smallest absolute Gasteiger partial charge is 0.236 e. The molecule has 1 saturated carbocycles. The molecule has 2 N–H and O–H groups in total. The fraction of sp³-hybridized carbons (Fsp3) is 0.929. The maximum Gasteiger partial charge on any atom is 0.236 e. The SMILES string of the molecule is CCNC(=O)C(C)NCCC1CCC(C)CC1. The highest BCUT2D eigenvalue weighted by Gasteiger charge is 2.18. The average molecular weight is 240 g/mol. The lowest BCUT2D eigenvalue weighted by Gasteiger charge is -2.26. The molecule has 17 heavy (non-hydrogen) atoms. The zero-order chi connectivity index (χ0) is 12.7. The Hall–Kier alpha value is -0.570. The van der Waals surface area contributed by atoms with Crippen LogP contribution in [0.5, 0.6) is 0 Å². The molecule has 3 heteroatoms. The van der Waals surface area contributed by atoms with Crippen molar-refractivity contribution in [1.29, 1.82) is 0 Å². The highest BCUT2D eigenvalue weighted by molar-refractivity contribution is 5.81. The van der Waals surface area contributed by atoms with E-state index in [9.17, 15) is 4.79 Å². The van der Waals surface area contributed by atoms with Crippen molar-refractivity contribution < 1.29 is 4.79 Å². The van der Waals surface area contributed by atoms with Gasteiger partial charge in [-0.15, -0.1) is 0 Å². The maximum absolute atomic E-state index is 11.5. The van der Waals surface area contributed by atoms with Crippen LogP contribution >= 0.6 is 0 Å². The first-order valence-electron chi connectivity index (χ1n) is 7.14. The summed E-state index contributed by atoms with van der Waals surface area (Å²) >= 11 is 0. The molecule has 100 valence electrons. The summed E-state index contributed by atoms with van der Waals surface area (Å²) in [6, 6.07) is -0.0579. The molecule has 1 aliphatic rings. The summed E-state index contributed by atoms with van der Waals surface area (Å²) < 4.78 is 0. The molecule has 1 atom stereocenters. The average Bonchev–Trinajstić information content (AvgIpc) is 2.32. The molecule has 1 rings (SSSR count). The molecular formula is C14H28N2O. The van der Waals surface area contributed by atoms with Crippen molar-refractivity contribution in [3.63, 3.8) is 0 Å². The first-order chi connectivity index (χ1) is 8.13. The van der Waals surface area contributed by atoms with E-state index in [1.807, 2.05) is 13.8 Å². The molecule has 1 amide bonds. The predicted molar refractivity (Wildman–Crippen MR) is 71.9 cm³/mol. The number of rotatable bonds is 6. The van der Waals surface area contributed by atoms with E-state index in [0.29, 0.717) is 6.54 Å². The number of amides is 1. The molecule has 0 aromatic heterocycles. The van der Waals surface area contributed by atoms with E-state index in [4.69, 9.17) is 0 Å². The molecule has 0 heterocycles. The molecular weight excluding hydrogens is 212 g/mol. The standard InChI is InChI=1S/C14H28N2O/c1-4-15-14(17)12(3)16-10-9-13-7-5-11(2)6-8-13/h11-13,16H,4-10H2,1-3H3,(H,15,17). The van der Waals surface area contributed by atoms with Crippen molar-refractivity contribution >= 4 is 5.91 Å². The number of hydrogen-bond donors (Lipinski definition) is 2. The van der Waals surface area contributed by atoms with Crippen LogP contribution in [0.15, 0.2) is 0 Å². The van der Waals surface area contributed by atoms with Crippen molar-refractivity contribution in [2.75, 3.05) is 13.1 Å². The summed E-state index contributed by atoms with van der Waals surface area (Å²) in [4.78, 5) is 11.5. The third-order valence-corrected chi connectivity index (χ3v) is 3.88. The fourth-order valence-corrected chi connectivity index (χ4v) is 2.54. The normalized spacial score (nSPS) is 26.5. The van der Waals surface area contributed by atoms with Gasteiger partial charge in [0.05, 0.1) is 6.04 Å². The third kappa shape index (κ3) is 5.53. The number of carbonyl (C=O) groups excluding carboxylic acids is 1. The van der Waals surface area contributed by atoms with Crippen LogP contribution < -0.4 is 10.6 Å². The van der Waals surface area contributed by atoms with Gasteiger partial charge in [0.15, 0.2) is 0 Å². The minimum absolute atomic E-state index is 0.0579. The molecule has 0 saturated heterocycles. The van der Waals surface area contributed by atoms with Crippen molar-refractivity contribution in [3.8, 4) is 0 Å². The van der Waals surface area contributed by atoms with Gasteiger partial charge in [0.1, 0.15) is 0 Å². The third-order valence-electron chi connectivity index (χ3n) is 3.88. The summed E-state index contributed by atoms with van der Waals surface area (Å²) in [7, 11) is 0. The van der Waals surface area contributed by atoms with Gasteiger partial charge in [-0.1, -0.05) is 32.6 Å². The van der Waals surface area contributed by atoms with Crippen LogP contribution in [0.1, 0.15) is 52.9 Å². The zero-order valence-electron chi connectivity index (χ0n) is 11.6. The first-order valence-corrected chi connectivity index (χ1v) is 7.14. The maximum atomic E-state index is 11.5. The Morgan fingerprint density at radius 3 is 2.53 bits per heavy atom. The predicted octanol–water partition coefficient (Wildman–Crippen LogP) is 2.32. The lowest BCUT2D eigenvalue weighted by molar-refractivity contribution is -0.122. The van der Waals surface area contributed by atoms with Crippen LogP contribution in [0.2, 0.25) is 0 Å². The van der Waals surface area contributed by atoms with Crippen molar-refractivity contribution in [2.24, 2.45) is 11.8 Å². The summed E-state index contributed by atoms with van der Waals surface area (Å²) in [6.07, 6.45) is 6.74. The van der Waals surface area contributed by atoms with Crippen molar-refractivity contribution in [3.05, 3.63) is 0 Å². The van der Waals surface area contributed by atoms with Crippen LogP contribution in [0.4, 0.5) is 0 Å². The van der Waals surface area contributed by atoms with Gasteiger partial charge in [0, 0.05) is 6.54 Å². The molecule has 0 spiro atoms. The summed E-state index contributed by atoms with van der Waals surface area (Å²) in [5, 5.41) is 6.15. The Morgan fingerprint density at radius 1 is 1.29 bits per heavy atom. The van der Waals surface area contributed by atoms with Crippen molar-refractivity contribution in [2.45, 2.75) is 58.9 Å². The van der Waals surface area contributed by atoms with Gasteiger partial charge in [-0.2, -0.15) is 0 Å². The van der Waals surface area contributed by atoms with Gasteiger partial charge in [0.2, 0.25) is 5.91 Å². The monoisotopic (exact) mass is 240 g/mol. The largest absolute Gasteiger partial charge is 0.355 e. The van der Waals surface area contributed by atoms with Crippen LogP contribution in [-0.2, 0) is 4.79 Å². The summed E-state index contributed by atoms with van der Waals surface area (Å²) in [5.41, 5.74) is 0. The zero-order valence-corrected chi connectivity index (χ0v) is 11.6. The molecule has 1 fully saturated rings. The second kappa shape index (κ2) is 7.70. The van der Waals surface area contributed by atoms with E-state index >= 15 is 0 Å².